The number of ether oxygens (including phenoxy) is 2. The van der Waals surface area contributed by atoms with Crippen molar-refractivity contribution in [3.63, 3.8) is 0 Å². The van der Waals surface area contributed by atoms with Crippen LogP contribution < -0.4 is 5.32 Å². The maximum Gasteiger partial charge on any atom is 0.121 e. The molecule has 1 unspecified atom stereocenters. The summed E-state index contributed by atoms with van der Waals surface area (Å²) >= 11 is 0. The Morgan fingerprint density at radius 3 is 2.38 bits per heavy atom. The number of hydrogen-bond acceptors (Lipinski definition) is 7. The molecule has 3 saturated heterocycles. The number of benzene rings is 3. The van der Waals surface area contributed by atoms with Crippen molar-refractivity contribution in [2.24, 2.45) is 5.92 Å². The van der Waals surface area contributed by atoms with Crippen LogP contribution in [0.3, 0.4) is 0 Å². The van der Waals surface area contributed by atoms with Crippen molar-refractivity contribution in [3.05, 3.63) is 100 Å². The molecule has 3 heterocycles. The summed E-state index contributed by atoms with van der Waals surface area (Å²) in [5, 5.41) is 44.4. The Hall–Kier alpha value is -2.82. The van der Waals surface area contributed by atoms with E-state index in [0.717, 1.165) is 34.3 Å². The van der Waals surface area contributed by atoms with Gasteiger partial charge < -0.3 is 39.7 Å². The van der Waals surface area contributed by atoms with Crippen LogP contribution in [0.4, 0.5) is 0 Å². The summed E-state index contributed by atoms with van der Waals surface area (Å²) in [5.41, 5.74) is 5.70. The molecule has 2 bridgehead atoms. The highest BCUT2D eigenvalue weighted by atomic mass is 16.5. The second-order valence-electron chi connectivity index (χ2n) is 14.5. The van der Waals surface area contributed by atoms with Crippen LogP contribution in [0.15, 0.2) is 66.7 Å². The van der Waals surface area contributed by atoms with Crippen molar-refractivity contribution >= 4 is 0 Å². The lowest BCUT2D eigenvalue weighted by Gasteiger charge is -2.52. The highest BCUT2D eigenvalue weighted by molar-refractivity contribution is 5.37. The van der Waals surface area contributed by atoms with E-state index < -0.39 is 12.2 Å². The maximum atomic E-state index is 11.2. The molecule has 1 saturated carbocycles. The number of phenols is 1. The van der Waals surface area contributed by atoms with Crippen LogP contribution in [0.25, 0.3) is 0 Å². The highest BCUT2D eigenvalue weighted by Gasteiger charge is 2.46. The molecule has 4 atom stereocenters. The Bertz CT molecular complexity index is 1450. The Morgan fingerprint density at radius 2 is 1.62 bits per heavy atom. The van der Waals surface area contributed by atoms with Crippen molar-refractivity contribution in [2.75, 3.05) is 45.9 Å². The standard InChI is InChI=1S/C40H54N2O6/c1-28(41-23-38(45)33-14-15-37(44)34(22-33)25-43)30-12-10-29(11-13-30)26-47-21-20-42-18-16-32(17-19-42)40(24-42)48-27-39(46)36-9-5-4-8-35(36)31-6-2-3-7-31/h4-5,8-15,22,28,31-32,38-41,43,45-46H,2-3,6-7,16-21,23-27H2,1H3/p+1/t28?,32?,38-,39-,40-,42?/m0/s1. The minimum Gasteiger partial charge on any atom is -0.508 e. The molecule has 8 nitrogen and oxygen atoms in total. The van der Waals surface area contributed by atoms with Crippen molar-refractivity contribution in [3.8, 4) is 5.75 Å². The van der Waals surface area contributed by atoms with Crippen molar-refractivity contribution in [1.82, 2.24) is 5.32 Å². The van der Waals surface area contributed by atoms with E-state index >= 15 is 0 Å². The molecule has 0 spiro atoms. The average Bonchev–Trinajstić information content (AvgIpc) is 3.67. The molecule has 8 heteroatoms. The van der Waals surface area contributed by atoms with E-state index in [2.05, 4.69) is 54.7 Å². The average molecular weight is 660 g/mol. The molecule has 1 aliphatic carbocycles. The van der Waals surface area contributed by atoms with E-state index in [1.54, 1.807) is 12.1 Å². The minimum absolute atomic E-state index is 0.0286. The Morgan fingerprint density at radius 1 is 0.896 bits per heavy atom. The fraction of sp³-hybridized carbons (Fsp3) is 0.550. The number of aliphatic hydroxyl groups is 3. The lowest BCUT2D eigenvalue weighted by atomic mass is 9.83. The van der Waals surface area contributed by atoms with Crippen LogP contribution in [0.2, 0.25) is 0 Å². The van der Waals surface area contributed by atoms with E-state index in [1.807, 2.05) is 6.07 Å². The molecule has 0 aromatic heterocycles. The monoisotopic (exact) mass is 659 g/mol. The number of nitrogens with zero attached hydrogens (tertiary/aromatic N) is 1. The van der Waals surface area contributed by atoms with Crippen LogP contribution in [-0.2, 0) is 22.7 Å². The van der Waals surface area contributed by atoms with Gasteiger partial charge >= 0.3 is 0 Å². The van der Waals surface area contributed by atoms with Gasteiger partial charge in [0.15, 0.2) is 0 Å². The predicted octanol–water partition coefficient (Wildman–Crippen LogP) is 5.80. The van der Waals surface area contributed by atoms with Gasteiger partial charge in [-0.1, -0.05) is 67.4 Å². The van der Waals surface area contributed by atoms with E-state index in [-0.39, 0.29) is 24.5 Å². The van der Waals surface area contributed by atoms with Crippen LogP contribution in [0, 0.1) is 5.92 Å². The van der Waals surface area contributed by atoms with Gasteiger partial charge in [-0.3, -0.25) is 0 Å². The van der Waals surface area contributed by atoms with E-state index in [0.29, 0.717) is 49.3 Å². The second-order valence-corrected chi connectivity index (χ2v) is 14.5. The van der Waals surface area contributed by atoms with Crippen molar-refractivity contribution < 1.29 is 34.4 Å². The van der Waals surface area contributed by atoms with E-state index in [1.165, 1.54) is 63.2 Å². The van der Waals surface area contributed by atoms with Gasteiger partial charge in [0.05, 0.1) is 45.6 Å². The zero-order chi connectivity index (χ0) is 33.5. The molecular formula is C40H55N2O6+. The van der Waals surface area contributed by atoms with Crippen LogP contribution >= 0.6 is 0 Å². The van der Waals surface area contributed by atoms with E-state index in [9.17, 15) is 20.4 Å². The molecule has 3 aromatic carbocycles. The van der Waals surface area contributed by atoms with Gasteiger partial charge in [0.1, 0.15) is 31.0 Å². The number of rotatable bonds is 16. The lowest BCUT2D eigenvalue weighted by Crippen LogP contribution is -2.65. The summed E-state index contributed by atoms with van der Waals surface area (Å²) in [5.74, 6) is 1.20. The first-order chi connectivity index (χ1) is 23.3. The maximum absolute atomic E-state index is 11.2. The molecule has 4 aliphatic rings. The Labute approximate surface area is 285 Å². The fourth-order valence-electron chi connectivity index (χ4n) is 8.27. The molecule has 4 fully saturated rings. The summed E-state index contributed by atoms with van der Waals surface area (Å²) in [7, 11) is 0. The smallest absolute Gasteiger partial charge is 0.121 e. The molecule has 3 aliphatic heterocycles. The van der Waals surface area contributed by atoms with Gasteiger partial charge in [-0.05, 0) is 65.6 Å². The third-order valence-electron chi connectivity index (χ3n) is 11.4. The van der Waals surface area contributed by atoms with Crippen molar-refractivity contribution in [1.29, 1.82) is 0 Å². The number of piperidine rings is 3. The highest BCUT2D eigenvalue weighted by Crippen LogP contribution is 2.39. The Kier molecular flexibility index (Phi) is 11.9. The second kappa shape index (κ2) is 16.3. The first kappa shape index (κ1) is 35.0. The quantitative estimate of drug-likeness (QED) is 0.0977. The van der Waals surface area contributed by atoms with Crippen LogP contribution in [0.5, 0.6) is 5.75 Å². The van der Waals surface area contributed by atoms with Gasteiger partial charge in [0, 0.05) is 36.9 Å². The van der Waals surface area contributed by atoms with E-state index in [4.69, 9.17) is 9.47 Å². The Balaban J connectivity index is 0.927. The molecule has 3 aromatic rings. The number of quaternary nitrogens is 1. The summed E-state index contributed by atoms with van der Waals surface area (Å²) in [6.45, 7) is 8.16. The predicted molar refractivity (Wildman–Crippen MR) is 186 cm³/mol. The number of aliphatic hydroxyl groups excluding tert-OH is 3. The number of nitrogens with one attached hydrogen (secondary N) is 1. The van der Waals surface area contributed by atoms with Gasteiger partial charge in [-0.2, -0.15) is 0 Å². The molecule has 7 rings (SSSR count). The van der Waals surface area contributed by atoms with Crippen LogP contribution in [-0.4, -0.2) is 77.0 Å². The van der Waals surface area contributed by atoms with Gasteiger partial charge in [-0.25, -0.2) is 0 Å². The first-order valence-electron chi connectivity index (χ1n) is 18.1. The SMILES string of the molecule is CC(NC[C@H](O)c1ccc(O)c(CO)c1)c1ccc(COCC[N+]23CCC(CC2)[C@@H](OC[C@H](O)c2ccccc2C2CCCC2)C3)cc1. The van der Waals surface area contributed by atoms with Gasteiger partial charge in [0.2, 0.25) is 0 Å². The molecule has 0 radical (unpaired) electrons. The normalized spacial score (nSPS) is 24.5. The molecule has 260 valence electrons. The van der Waals surface area contributed by atoms with Crippen LogP contribution in [0.1, 0.15) is 103 Å². The fourth-order valence-corrected chi connectivity index (χ4v) is 8.27. The van der Waals surface area contributed by atoms with Gasteiger partial charge in [0.25, 0.3) is 0 Å². The number of hydrogen-bond donors (Lipinski definition) is 5. The molecular weight excluding hydrogens is 604 g/mol. The zero-order valence-electron chi connectivity index (χ0n) is 28.5. The number of aromatic hydroxyl groups is 1. The molecule has 0 amide bonds. The lowest BCUT2D eigenvalue weighted by molar-refractivity contribution is -0.946. The third kappa shape index (κ3) is 8.48. The summed E-state index contributed by atoms with van der Waals surface area (Å²) < 4.78 is 13.8. The van der Waals surface area contributed by atoms with Gasteiger partial charge in [-0.15, -0.1) is 0 Å². The third-order valence-corrected chi connectivity index (χ3v) is 11.4. The topological polar surface area (TPSA) is 111 Å². The summed E-state index contributed by atoms with van der Waals surface area (Å²) in [6, 6.07) is 21.7. The molecule has 5 N–H and O–H groups in total. The minimum atomic E-state index is -0.750. The van der Waals surface area contributed by atoms with Crippen molar-refractivity contribution in [2.45, 2.75) is 88.9 Å². The molecule has 48 heavy (non-hydrogen) atoms. The zero-order valence-corrected chi connectivity index (χ0v) is 28.5. The summed E-state index contributed by atoms with van der Waals surface area (Å²) in [4.78, 5) is 0. The first-order valence-corrected chi connectivity index (χ1v) is 18.1. The number of fused-ring (bicyclic) bond motifs is 3. The summed E-state index contributed by atoms with van der Waals surface area (Å²) in [6.07, 6.45) is 6.27. The largest absolute Gasteiger partial charge is 0.508 e.